The number of nitrogens with zero attached hydrogens (tertiary/aromatic N) is 1. The predicted molar refractivity (Wildman–Crippen MR) is 79.5 cm³/mol. The van der Waals surface area contributed by atoms with Crippen LogP contribution in [0.1, 0.15) is 31.1 Å². The minimum Gasteiger partial charge on any atom is -0.351 e. The van der Waals surface area contributed by atoms with Crippen molar-refractivity contribution in [3.05, 3.63) is 58.3 Å². The van der Waals surface area contributed by atoms with Gasteiger partial charge in [-0.15, -0.1) is 0 Å². The summed E-state index contributed by atoms with van der Waals surface area (Å²) in [5.41, 5.74) is 2.64. The van der Waals surface area contributed by atoms with Gasteiger partial charge in [-0.1, -0.05) is 28.1 Å². The lowest BCUT2D eigenvalue weighted by Crippen LogP contribution is -2.19. The summed E-state index contributed by atoms with van der Waals surface area (Å²) in [5.74, 6) is 0. The molecule has 1 aromatic heterocycles. The number of nitrogens with one attached hydrogen (secondary N) is 1. The van der Waals surface area contributed by atoms with Gasteiger partial charge in [0, 0.05) is 35.5 Å². The van der Waals surface area contributed by atoms with Crippen molar-refractivity contribution in [3.63, 3.8) is 0 Å². The molecule has 1 heterocycles. The number of hydrogen-bond acceptors (Lipinski definition) is 1. The second-order valence-corrected chi connectivity index (χ2v) is 5.36. The summed E-state index contributed by atoms with van der Waals surface area (Å²) >= 11 is 3.51. The maximum absolute atomic E-state index is 3.56. The van der Waals surface area contributed by atoms with Gasteiger partial charge in [0.15, 0.2) is 0 Å². The van der Waals surface area contributed by atoms with E-state index >= 15 is 0 Å². The summed E-state index contributed by atoms with van der Waals surface area (Å²) in [6.07, 6.45) is 2.13. The van der Waals surface area contributed by atoms with Gasteiger partial charge in [-0.3, -0.25) is 0 Å². The van der Waals surface area contributed by atoms with Crippen LogP contribution in [0.5, 0.6) is 0 Å². The van der Waals surface area contributed by atoms with Crippen LogP contribution in [-0.4, -0.2) is 4.57 Å². The summed E-state index contributed by atoms with van der Waals surface area (Å²) in [5, 5.41) is 3.56. The molecule has 0 aliphatic heterocycles. The highest BCUT2D eigenvalue weighted by Gasteiger charge is 2.06. The quantitative estimate of drug-likeness (QED) is 0.879. The smallest absolute Gasteiger partial charge is 0.0364 e. The molecule has 2 aromatic rings. The van der Waals surface area contributed by atoms with Gasteiger partial charge in [0.05, 0.1) is 0 Å². The zero-order valence-electron chi connectivity index (χ0n) is 10.9. The SMILES string of the molecule is CCn1cccc1CN[C@@H](C)c1cccc(Br)c1. The Labute approximate surface area is 117 Å². The van der Waals surface area contributed by atoms with Gasteiger partial charge < -0.3 is 9.88 Å². The Bertz CT molecular complexity index is 505. The molecular weight excluding hydrogens is 288 g/mol. The number of hydrogen-bond donors (Lipinski definition) is 1. The van der Waals surface area contributed by atoms with E-state index in [9.17, 15) is 0 Å². The first-order valence-corrected chi connectivity index (χ1v) is 7.13. The Balaban J connectivity index is 1.98. The minimum absolute atomic E-state index is 0.350. The van der Waals surface area contributed by atoms with Crippen LogP contribution in [0, 0.1) is 0 Å². The fourth-order valence-electron chi connectivity index (χ4n) is 2.07. The largest absolute Gasteiger partial charge is 0.351 e. The van der Waals surface area contributed by atoms with Crippen LogP contribution in [0.25, 0.3) is 0 Å². The van der Waals surface area contributed by atoms with E-state index in [0.717, 1.165) is 17.6 Å². The summed E-state index contributed by atoms with van der Waals surface area (Å²) < 4.78 is 3.39. The molecule has 0 aliphatic carbocycles. The molecule has 0 saturated carbocycles. The Morgan fingerprint density at radius 3 is 2.83 bits per heavy atom. The van der Waals surface area contributed by atoms with Crippen molar-refractivity contribution in [3.8, 4) is 0 Å². The topological polar surface area (TPSA) is 17.0 Å². The second kappa shape index (κ2) is 6.21. The van der Waals surface area contributed by atoms with Crippen LogP contribution in [0.4, 0.5) is 0 Å². The van der Waals surface area contributed by atoms with Gasteiger partial charge in [-0.05, 0) is 43.7 Å². The summed E-state index contributed by atoms with van der Waals surface area (Å²) in [7, 11) is 0. The van der Waals surface area contributed by atoms with Crippen LogP contribution >= 0.6 is 15.9 Å². The zero-order chi connectivity index (χ0) is 13.0. The van der Waals surface area contributed by atoms with Crippen LogP contribution < -0.4 is 5.32 Å². The molecule has 0 spiro atoms. The fraction of sp³-hybridized carbons (Fsp3) is 0.333. The molecular formula is C15H19BrN2. The highest BCUT2D eigenvalue weighted by atomic mass is 79.9. The summed E-state index contributed by atoms with van der Waals surface area (Å²) in [4.78, 5) is 0. The normalized spacial score (nSPS) is 12.6. The van der Waals surface area contributed by atoms with Crippen LogP contribution in [0.3, 0.4) is 0 Å². The number of aryl methyl sites for hydroxylation is 1. The fourth-order valence-corrected chi connectivity index (χ4v) is 2.49. The van der Waals surface area contributed by atoms with Crippen molar-refractivity contribution in [2.45, 2.75) is 33.0 Å². The van der Waals surface area contributed by atoms with Crippen LogP contribution in [0.15, 0.2) is 47.1 Å². The third-order valence-electron chi connectivity index (χ3n) is 3.20. The molecule has 1 aromatic carbocycles. The first-order valence-electron chi connectivity index (χ1n) is 6.33. The van der Waals surface area contributed by atoms with E-state index in [0.29, 0.717) is 6.04 Å². The molecule has 0 aliphatic rings. The van der Waals surface area contributed by atoms with E-state index in [2.05, 4.69) is 82.3 Å². The number of halogens is 1. The Hall–Kier alpha value is -1.06. The van der Waals surface area contributed by atoms with Crippen molar-refractivity contribution < 1.29 is 0 Å². The lowest BCUT2D eigenvalue weighted by Gasteiger charge is -2.15. The second-order valence-electron chi connectivity index (χ2n) is 4.44. The molecule has 18 heavy (non-hydrogen) atoms. The first kappa shape index (κ1) is 13.4. The van der Waals surface area contributed by atoms with E-state index in [1.54, 1.807) is 0 Å². The molecule has 0 fully saturated rings. The molecule has 2 nitrogen and oxygen atoms in total. The van der Waals surface area contributed by atoms with E-state index in [4.69, 9.17) is 0 Å². The number of rotatable bonds is 5. The van der Waals surface area contributed by atoms with Crippen molar-refractivity contribution in [2.75, 3.05) is 0 Å². The molecule has 0 bridgehead atoms. The van der Waals surface area contributed by atoms with Gasteiger partial charge in [-0.25, -0.2) is 0 Å². The Morgan fingerprint density at radius 1 is 1.28 bits per heavy atom. The van der Waals surface area contributed by atoms with Gasteiger partial charge >= 0.3 is 0 Å². The third kappa shape index (κ3) is 3.24. The van der Waals surface area contributed by atoms with E-state index in [1.807, 2.05) is 0 Å². The van der Waals surface area contributed by atoms with Crippen molar-refractivity contribution in [2.24, 2.45) is 0 Å². The molecule has 3 heteroatoms. The van der Waals surface area contributed by atoms with E-state index < -0.39 is 0 Å². The van der Waals surface area contributed by atoms with Crippen molar-refractivity contribution in [1.29, 1.82) is 0 Å². The summed E-state index contributed by atoms with van der Waals surface area (Å²) in [6.45, 7) is 6.28. The lowest BCUT2D eigenvalue weighted by atomic mass is 10.1. The Kier molecular flexibility index (Phi) is 4.61. The minimum atomic E-state index is 0.350. The molecule has 0 radical (unpaired) electrons. The molecule has 0 unspecified atom stereocenters. The molecule has 96 valence electrons. The highest BCUT2D eigenvalue weighted by Crippen LogP contribution is 2.18. The van der Waals surface area contributed by atoms with Crippen molar-refractivity contribution in [1.82, 2.24) is 9.88 Å². The molecule has 0 saturated heterocycles. The zero-order valence-corrected chi connectivity index (χ0v) is 12.4. The van der Waals surface area contributed by atoms with Crippen LogP contribution in [-0.2, 0) is 13.1 Å². The molecule has 2 rings (SSSR count). The standard InChI is InChI=1S/C15H19BrN2/c1-3-18-9-5-8-15(18)11-17-12(2)13-6-4-7-14(16)10-13/h4-10,12,17H,3,11H2,1-2H3/t12-/m0/s1. The van der Waals surface area contributed by atoms with E-state index in [1.165, 1.54) is 11.3 Å². The number of benzene rings is 1. The predicted octanol–water partition coefficient (Wildman–Crippen LogP) is 4.12. The summed E-state index contributed by atoms with van der Waals surface area (Å²) in [6, 6.07) is 13.1. The van der Waals surface area contributed by atoms with E-state index in [-0.39, 0.29) is 0 Å². The van der Waals surface area contributed by atoms with Gasteiger partial charge in [0.1, 0.15) is 0 Å². The monoisotopic (exact) mass is 306 g/mol. The van der Waals surface area contributed by atoms with Gasteiger partial charge in [-0.2, -0.15) is 0 Å². The maximum Gasteiger partial charge on any atom is 0.0364 e. The average Bonchev–Trinajstić information content (AvgIpc) is 2.83. The van der Waals surface area contributed by atoms with Gasteiger partial charge in [0.2, 0.25) is 0 Å². The first-order chi connectivity index (χ1) is 8.70. The highest BCUT2D eigenvalue weighted by molar-refractivity contribution is 9.10. The molecule has 1 N–H and O–H groups in total. The third-order valence-corrected chi connectivity index (χ3v) is 3.70. The van der Waals surface area contributed by atoms with Crippen LogP contribution in [0.2, 0.25) is 0 Å². The maximum atomic E-state index is 3.56. The molecule has 1 atom stereocenters. The number of aromatic nitrogens is 1. The van der Waals surface area contributed by atoms with Crippen molar-refractivity contribution >= 4 is 15.9 Å². The Morgan fingerprint density at radius 2 is 2.11 bits per heavy atom. The average molecular weight is 307 g/mol. The lowest BCUT2D eigenvalue weighted by molar-refractivity contribution is 0.549. The molecule has 0 amide bonds. The van der Waals surface area contributed by atoms with Gasteiger partial charge in [0.25, 0.3) is 0 Å².